The van der Waals surface area contributed by atoms with Gasteiger partial charge in [0.1, 0.15) is 11.6 Å². The van der Waals surface area contributed by atoms with E-state index in [9.17, 15) is 8.78 Å². The van der Waals surface area contributed by atoms with E-state index in [1.807, 2.05) is 13.0 Å². The number of nitrogens with one attached hydrogen (secondary N) is 1. The van der Waals surface area contributed by atoms with Crippen LogP contribution in [0.15, 0.2) is 42.5 Å². The molecule has 1 atom stereocenters. The van der Waals surface area contributed by atoms with E-state index in [0.717, 1.165) is 12.1 Å². The largest absolute Gasteiger partial charge is 0.378 e. The van der Waals surface area contributed by atoms with Gasteiger partial charge in [-0.3, -0.25) is 0 Å². The highest BCUT2D eigenvalue weighted by molar-refractivity contribution is 5.48. The molecule has 1 unspecified atom stereocenters. The van der Waals surface area contributed by atoms with Gasteiger partial charge < -0.3 is 5.32 Å². The molecule has 3 heteroatoms. The van der Waals surface area contributed by atoms with Gasteiger partial charge in [-0.25, -0.2) is 8.78 Å². The standard InChI is InChI=1S/C16H17F2N/c1-3-16(13-6-4-5-7-15(13)18)19-12-8-9-14(17)11(2)10-12/h4-10,16,19H,3H2,1-2H3. The maximum absolute atomic E-state index is 13.8. The summed E-state index contributed by atoms with van der Waals surface area (Å²) in [7, 11) is 0. The highest BCUT2D eigenvalue weighted by Gasteiger charge is 2.13. The van der Waals surface area contributed by atoms with Crippen LogP contribution in [0.4, 0.5) is 14.5 Å². The summed E-state index contributed by atoms with van der Waals surface area (Å²) in [5, 5.41) is 3.25. The summed E-state index contributed by atoms with van der Waals surface area (Å²) in [6.07, 6.45) is 0.747. The molecular weight excluding hydrogens is 244 g/mol. The number of halogens is 2. The second kappa shape index (κ2) is 5.83. The molecule has 0 amide bonds. The molecule has 0 heterocycles. The predicted octanol–water partition coefficient (Wildman–Crippen LogP) is 4.84. The molecule has 100 valence electrons. The highest BCUT2D eigenvalue weighted by Crippen LogP contribution is 2.25. The molecular formula is C16H17F2N. The van der Waals surface area contributed by atoms with E-state index in [0.29, 0.717) is 11.1 Å². The summed E-state index contributed by atoms with van der Waals surface area (Å²) in [6.45, 7) is 3.70. The summed E-state index contributed by atoms with van der Waals surface area (Å²) >= 11 is 0. The monoisotopic (exact) mass is 261 g/mol. The minimum Gasteiger partial charge on any atom is -0.378 e. The number of hydrogen-bond donors (Lipinski definition) is 1. The summed E-state index contributed by atoms with van der Waals surface area (Å²) < 4.78 is 27.0. The van der Waals surface area contributed by atoms with Gasteiger partial charge in [0.05, 0.1) is 6.04 Å². The Morgan fingerprint density at radius 2 is 1.79 bits per heavy atom. The van der Waals surface area contributed by atoms with Crippen molar-refractivity contribution >= 4 is 5.69 Å². The topological polar surface area (TPSA) is 12.0 Å². The van der Waals surface area contributed by atoms with Crippen molar-refractivity contribution < 1.29 is 8.78 Å². The van der Waals surface area contributed by atoms with Crippen LogP contribution in [0.25, 0.3) is 0 Å². The Hall–Kier alpha value is -1.90. The van der Waals surface area contributed by atoms with Gasteiger partial charge in [0, 0.05) is 11.3 Å². The zero-order chi connectivity index (χ0) is 13.8. The van der Waals surface area contributed by atoms with Gasteiger partial charge in [0.2, 0.25) is 0 Å². The first-order valence-electron chi connectivity index (χ1n) is 6.39. The van der Waals surface area contributed by atoms with Crippen LogP contribution in [0.5, 0.6) is 0 Å². The lowest BCUT2D eigenvalue weighted by Gasteiger charge is -2.19. The second-order valence-corrected chi connectivity index (χ2v) is 4.59. The Kier molecular flexibility index (Phi) is 4.15. The van der Waals surface area contributed by atoms with Gasteiger partial charge in [0.15, 0.2) is 0 Å². The van der Waals surface area contributed by atoms with Crippen molar-refractivity contribution in [3.05, 3.63) is 65.2 Å². The minimum absolute atomic E-state index is 0.119. The molecule has 0 bridgehead atoms. The zero-order valence-corrected chi connectivity index (χ0v) is 11.1. The fourth-order valence-corrected chi connectivity index (χ4v) is 2.09. The molecule has 19 heavy (non-hydrogen) atoms. The maximum Gasteiger partial charge on any atom is 0.128 e. The Morgan fingerprint density at radius 3 is 2.42 bits per heavy atom. The van der Waals surface area contributed by atoms with Gasteiger partial charge in [-0.2, -0.15) is 0 Å². The molecule has 0 aliphatic rings. The molecule has 0 aliphatic heterocycles. The van der Waals surface area contributed by atoms with Crippen LogP contribution in [0.2, 0.25) is 0 Å². The zero-order valence-electron chi connectivity index (χ0n) is 11.1. The fraction of sp³-hybridized carbons (Fsp3) is 0.250. The molecule has 0 radical (unpaired) electrons. The van der Waals surface area contributed by atoms with Gasteiger partial charge in [0.25, 0.3) is 0 Å². The third-order valence-electron chi connectivity index (χ3n) is 3.19. The predicted molar refractivity (Wildman–Crippen MR) is 74.2 cm³/mol. The third-order valence-corrected chi connectivity index (χ3v) is 3.19. The van der Waals surface area contributed by atoms with Crippen LogP contribution in [-0.4, -0.2) is 0 Å². The molecule has 2 rings (SSSR count). The quantitative estimate of drug-likeness (QED) is 0.830. The number of benzene rings is 2. The van der Waals surface area contributed by atoms with Crippen LogP contribution in [0.3, 0.4) is 0 Å². The van der Waals surface area contributed by atoms with Gasteiger partial charge in [-0.15, -0.1) is 0 Å². The Bertz CT molecular complexity index is 566. The van der Waals surface area contributed by atoms with Crippen LogP contribution >= 0.6 is 0 Å². The normalized spacial score (nSPS) is 12.2. The Morgan fingerprint density at radius 1 is 1.05 bits per heavy atom. The average Bonchev–Trinajstić information content (AvgIpc) is 2.41. The van der Waals surface area contributed by atoms with E-state index in [4.69, 9.17) is 0 Å². The van der Waals surface area contributed by atoms with Gasteiger partial charge in [-0.05, 0) is 43.2 Å². The van der Waals surface area contributed by atoms with E-state index in [1.54, 1.807) is 31.2 Å². The van der Waals surface area contributed by atoms with Gasteiger partial charge in [-0.1, -0.05) is 25.1 Å². The van der Waals surface area contributed by atoms with Crippen molar-refractivity contribution in [1.82, 2.24) is 0 Å². The van der Waals surface area contributed by atoms with Crippen molar-refractivity contribution in [3.63, 3.8) is 0 Å². The molecule has 0 saturated heterocycles. The van der Waals surface area contributed by atoms with Crippen molar-refractivity contribution in [3.8, 4) is 0 Å². The van der Waals surface area contributed by atoms with E-state index >= 15 is 0 Å². The van der Waals surface area contributed by atoms with E-state index < -0.39 is 0 Å². The Labute approximate surface area is 112 Å². The van der Waals surface area contributed by atoms with Crippen LogP contribution < -0.4 is 5.32 Å². The lowest BCUT2D eigenvalue weighted by atomic mass is 10.0. The molecule has 0 aliphatic carbocycles. The summed E-state index contributed by atoms with van der Waals surface area (Å²) in [6, 6.07) is 11.4. The Balaban J connectivity index is 2.24. The molecule has 1 N–H and O–H groups in total. The molecule has 2 aromatic carbocycles. The lowest BCUT2D eigenvalue weighted by molar-refractivity contribution is 0.587. The minimum atomic E-state index is -0.232. The van der Waals surface area contributed by atoms with E-state index in [-0.39, 0.29) is 17.7 Å². The van der Waals surface area contributed by atoms with Crippen molar-refractivity contribution in [1.29, 1.82) is 0 Å². The average molecular weight is 261 g/mol. The van der Waals surface area contributed by atoms with Gasteiger partial charge >= 0.3 is 0 Å². The number of anilines is 1. The third kappa shape index (κ3) is 3.11. The molecule has 1 nitrogen and oxygen atoms in total. The summed E-state index contributed by atoms with van der Waals surface area (Å²) in [4.78, 5) is 0. The highest BCUT2D eigenvalue weighted by atomic mass is 19.1. The molecule has 0 fully saturated rings. The van der Waals surface area contributed by atoms with Crippen LogP contribution in [-0.2, 0) is 0 Å². The molecule has 2 aromatic rings. The smallest absolute Gasteiger partial charge is 0.128 e. The first kappa shape index (κ1) is 13.5. The maximum atomic E-state index is 13.8. The molecule has 0 spiro atoms. The van der Waals surface area contributed by atoms with Crippen molar-refractivity contribution in [2.75, 3.05) is 5.32 Å². The summed E-state index contributed by atoms with van der Waals surface area (Å²) in [5.41, 5.74) is 2.01. The van der Waals surface area contributed by atoms with E-state index in [2.05, 4.69) is 5.32 Å². The van der Waals surface area contributed by atoms with Crippen molar-refractivity contribution in [2.45, 2.75) is 26.3 Å². The van der Waals surface area contributed by atoms with Crippen molar-refractivity contribution in [2.24, 2.45) is 0 Å². The molecule has 0 saturated carbocycles. The SMILES string of the molecule is CCC(Nc1ccc(F)c(C)c1)c1ccccc1F. The fourth-order valence-electron chi connectivity index (χ4n) is 2.09. The number of aryl methyl sites for hydroxylation is 1. The second-order valence-electron chi connectivity index (χ2n) is 4.59. The van der Waals surface area contributed by atoms with Crippen LogP contribution in [0.1, 0.15) is 30.5 Å². The first-order valence-corrected chi connectivity index (χ1v) is 6.39. The summed E-state index contributed by atoms with van der Waals surface area (Å²) in [5.74, 6) is -0.454. The van der Waals surface area contributed by atoms with Crippen LogP contribution in [0, 0.1) is 18.6 Å². The van der Waals surface area contributed by atoms with E-state index in [1.165, 1.54) is 12.1 Å². The molecule has 0 aromatic heterocycles. The lowest BCUT2D eigenvalue weighted by Crippen LogP contribution is -2.11. The number of rotatable bonds is 4. The first-order chi connectivity index (χ1) is 9.11. The number of hydrogen-bond acceptors (Lipinski definition) is 1.